The van der Waals surface area contributed by atoms with Gasteiger partial charge in [-0.2, -0.15) is 4.31 Å². The number of piperidine rings is 1. The van der Waals surface area contributed by atoms with Gasteiger partial charge in [0.1, 0.15) is 0 Å². The van der Waals surface area contributed by atoms with E-state index in [1.165, 1.54) is 35.9 Å². The van der Waals surface area contributed by atoms with Crippen LogP contribution in [0.2, 0.25) is 0 Å². The van der Waals surface area contributed by atoms with Crippen LogP contribution in [0.3, 0.4) is 0 Å². The van der Waals surface area contributed by atoms with Crippen molar-refractivity contribution < 1.29 is 17.9 Å². The maximum atomic E-state index is 12.9. The molecule has 1 aromatic carbocycles. The van der Waals surface area contributed by atoms with Gasteiger partial charge in [-0.25, -0.2) is 8.42 Å². The molecule has 0 spiro atoms. The zero-order chi connectivity index (χ0) is 23.3. The van der Waals surface area contributed by atoms with Gasteiger partial charge in [0, 0.05) is 38.3 Å². The molecule has 3 rings (SSSR count). The highest BCUT2D eigenvalue weighted by Gasteiger charge is 2.32. The number of sulfonamides is 1. The third-order valence-electron chi connectivity index (χ3n) is 6.27. The first-order valence-corrected chi connectivity index (χ1v) is 13.4. The predicted octanol–water partition coefficient (Wildman–Crippen LogP) is 2.97. The summed E-state index contributed by atoms with van der Waals surface area (Å²) in [5.41, 5.74) is 0.478. The van der Waals surface area contributed by atoms with Crippen molar-refractivity contribution in [3.8, 4) is 0 Å². The average molecular weight is 466 g/mol. The van der Waals surface area contributed by atoms with Crippen molar-refractivity contribution >= 4 is 15.9 Å². The molecule has 180 valence electrons. The summed E-state index contributed by atoms with van der Waals surface area (Å²) in [7, 11) is -3.60. The fourth-order valence-corrected chi connectivity index (χ4v) is 6.58. The van der Waals surface area contributed by atoms with Gasteiger partial charge in [0.05, 0.1) is 17.1 Å². The fraction of sp³-hybridized carbons (Fsp3) is 0.708. The van der Waals surface area contributed by atoms with E-state index in [1.807, 2.05) is 13.8 Å². The number of hydrogen-bond donors (Lipinski definition) is 1. The van der Waals surface area contributed by atoms with Crippen molar-refractivity contribution in [1.29, 1.82) is 0 Å². The monoisotopic (exact) mass is 465 g/mol. The smallest absolute Gasteiger partial charge is 0.251 e. The van der Waals surface area contributed by atoms with E-state index < -0.39 is 10.0 Å². The second-order valence-electron chi connectivity index (χ2n) is 9.77. The number of rotatable bonds is 8. The highest BCUT2D eigenvalue weighted by Crippen LogP contribution is 2.22. The van der Waals surface area contributed by atoms with E-state index in [2.05, 4.69) is 24.1 Å². The van der Waals surface area contributed by atoms with Crippen molar-refractivity contribution in [2.75, 3.05) is 39.3 Å². The van der Waals surface area contributed by atoms with Crippen molar-refractivity contribution in [3.63, 3.8) is 0 Å². The van der Waals surface area contributed by atoms with E-state index in [0.29, 0.717) is 25.2 Å². The third-order valence-corrected chi connectivity index (χ3v) is 8.12. The lowest BCUT2D eigenvalue weighted by Crippen LogP contribution is -2.48. The van der Waals surface area contributed by atoms with Crippen LogP contribution in [0.4, 0.5) is 0 Å². The molecule has 4 atom stereocenters. The van der Waals surface area contributed by atoms with Crippen LogP contribution >= 0.6 is 0 Å². The second kappa shape index (κ2) is 11.1. The third kappa shape index (κ3) is 6.76. The molecule has 0 aliphatic carbocycles. The number of benzene rings is 1. The lowest BCUT2D eigenvalue weighted by Gasteiger charge is -2.34. The highest BCUT2D eigenvalue weighted by molar-refractivity contribution is 7.89. The number of unbranched alkanes of at least 4 members (excludes halogenated alkanes) is 1. The number of nitrogens with one attached hydrogen (secondary N) is 1. The second-order valence-corrected chi connectivity index (χ2v) is 11.7. The first-order valence-electron chi connectivity index (χ1n) is 11.9. The molecule has 7 nitrogen and oxygen atoms in total. The Morgan fingerprint density at radius 2 is 1.56 bits per heavy atom. The van der Waals surface area contributed by atoms with Crippen LogP contribution in [-0.2, 0) is 14.8 Å². The Kier molecular flexibility index (Phi) is 8.72. The molecule has 4 unspecified atom stereocenters. The van der Waals surface area contributed by atoms with Gasteiger partial charge in [-0.1, -0.05) is 13.8 Å². The maximum Gasteiger partial charge on any atom is 0.251 e. The molecule has 2 fully saturated rings. The largest absolute Gasteiger partial charge is 0.373 e. The summed E-state index contributed by atoms with van der Waals surface area (Å²) in [5.74, 6) is 1.36. The minimum absolute atomic E-state index is 0.139. The summed E-state index contributed by atoms with van der Waals surface area (Å²) >= 11 is 0. The number of carbonyl (C=O) groups is 1. The Balaban J connectivity index is 1.44. The van der Waals surface area contributed by atoms with E-state index in [0.717, 1.165) is 31.2 Å². The number of hydrogen-bond acceptors (Lipinski definition) is 5. The number of ether oxygens (including phenoxy) is 1. The average Bonchev–Trinajstić information content (AvgIpc) is 2.72. The number of amides is 1. The van der Waals surface area contributed by atoms with E-state index in [1.54, 1.807) is 12.1 Å². The van der Waals surface area contributed by atoms with Gasteiger partial charge in [-0.15, -0.1) is 0 Å². The Morgan fingerprint density at radius 3 is 2.16 bits per heavy atom. The molecule has 0 bridgehead atoms. The summed E-state index contributed by atoms with van der Waals surface area (Å²) in [6.45, 7) is 13.1. The molecule has 8 heteroatoms. The summed E-state index contributed by atoms with van der Waals surface area (Å²) in [4.78, 5) is 15.2. The molecule has 1 aromatic rings. The van der Waals surface area contributed by atoms with Gasteiger partial charge < -0.3 is 15.0 Å². The molecule has 1 N–H and O–H groups in total. The molecular weight excluding hydrogens is 426 g/mol. The van der Waals surface area contributed by atoms with Gasteiger partial charge in [-0.05, 0) is 75.8 Å². The Labute approximate surface area is 193 Å². The van der Waals surface area contributed by atoms with Gasteiger partial charge in [0.2, 0.25) is 10.0 Å². The Bertz CT molecular complexity index is 839. The van der Waals surface area contributed by atoms with Gasteiger partial charge in [-0.3, -0.25) is 4.79 Å². The van der Waals surface area contributed by atoms with Crippen molar-refractivity contribution in [2.24, 2.45) is 11.8 Å². The van der Waals surface area contributed by atoms with E-state index >= 15 is 0 Å². The molecule has 32 heavy (non-hydrogen) atoms. The van der Waals surface area contributed by atoms with Crippen LogP contribution in [0, 0.1) is 11.8 Å². The van der Waals surface area contributed by atoms with Crippen LogP contribution in [0.25, 0.3) is 0 Å². The summed E-state index contributed by atoms with van der Waals surface area (Å²) < 4.78 is 33.0. The SMILES string of the molecule is CC1CC(C)CN(CCCCNC(=O)c2ccc(S(=O)(=O)N3CC(C)OC(C)C3)cc2)C1. The van der Waals surface area contributed by atoms with Crippen molar-refractivity contribution in [2.45, 2.75) is 64.1 Å². The van der Waals surface area contributed by atoms with Crippen LogP contribution in [0.5, 0.6) is 0 Å². The zero-order valence-corrected chi connectivity index (χ0v) is 20.7. The van der Waals surface area contributed by atoms with Crippen molar-refractivity contribution in [1.82, 2.24) is 14.5 Å². The number of nitrogens with zero attached hydrogens (tertiary/aromatic N) is 2. The molecule has 0 radical (unpaired) electrons. The molecule has 0 saturated carbocycles. The van der Waals surface area contributed by atoms with Crippen LogP contribution in [0.15, 0.2) is 29.2 Å². The van der Waals surface area contributed by atoms with Gasteiger partial charge in [0.25, 0.3) is 5.91 Å². The van der Waals surface area contributed by atoms with E-state index in [-0.39, 0.29) is 23.0 Å². The van der Waals surface area contributed by atoms with Gasteiger partial charge >= 0.3 is 0 Å². The topological polar surface area (TPSA) is 79.0 Å². The molecule has 0 aromatic heterocycles. The molecule has 2 heterocycles. The lowest BCUT2D eigenvalue weighted by atomic mass is 9.92. The normalized spacial score (nSPS) is 27.9. The summed E-state index contributed by atoms with van der Waals surface area (Å²) in [5, 5.41) is 2.95. The minimum atomic E-state index is -3.60. The maximum absolute atomic E-state index is 12.9. The number of carbonyl (C=O) groups excluding carboxylic acids is 1. The molecule has 2 aliphatic rings. The van der Waals surface area contributed by atoms with Gasteiger partial charge in [0.15, 0.2) is 0 Å². The Hall–Kier alpha value is -1.48. The quantitative estimate of drug-likeness (QED) is 0.597. The fourth-order valence-electron chi connectivity index (χ4n) is 4.99. The molecule has 1 amide bonds. The number of likely N-dealkylation sites (tertiary alicyclic amines) is 1. The Morgan fingerprint density at radius 1 is 0.969 bits per heavy atom. The summed E-state index contributed by atoms with van der Waals surface area (Å²) in [6, 6.07) is 6.22. The molecule has 2 saturated heterocycles. The zero-order valence-electron chi connectivity index (χ0n) is 19.9. The van der Waals surface area contributed by atoms with Crippen LogP contribution < -0.4 is 5.32 Å². The van der Waals surface area contributed by atoms with Crippen LogP contribution in [0.1, 0.15) is 57.3 Å². The van der Waals surface area contributed by atoms with Crippen molar-refractivity contribution in [3.05, 3.63) is 29.8 Å². The predicted molar refractivity (Wildman–Crippen MR) is 126 cm³/mol. The molecule has 2 aliphatic heterocycles. The first kappa shape index (κ1) is 25.1. The number of morpholine rings is 1. The molecular formula is C24H39N3O4S. The van der Waals surface area contributed by atoms with E-state index in [9.17, 15) is 13.2 Å². The summed E-state index contributed by atoms with van der Waals surface area (Å²) in [6.07, 6.45) is 3.04. The first-order chi connectivity index (χ1) is 15.1. The van der Waals surface area contributed by atoms with Crippen LogP contribution in [-0.4, -0.2) is 75.0 Å². The minimum Gasteiger partial charge on any atom is -0.373 e. The van der Waals surface area contributed by atoms with E-state index in [4.69, 9.17) is 4.74 Å². The highest BCUT2D eigenvalue weighted by atomic mass is 32.2. The standard InChI is InChI=1S/C24H39N3O4S/c1-18-13-19(2)15-26(14-18)12-6-5-11-25-24(28)22-7-9-23(10-8-22)32(29,30)27-16-20(3)31-21(4)17-27/h7-10,18-21H,5-6,11-17H2,1-4H3,(H,25,28). The lowest BCUT2D eigenvalue weighted by molar-refractivity contribution is -0.0440.